The Morgan fingerprint density at radius 3 is 2.68 bits per heavy atom. The average Bonchev–Trinajstić information content (AvgIpc) is 2.82. The Kier molecular flexibility index (Phi) is 3.59. The van der Waals surface area contributed by atoms with Gasteiger partial charge in [0, 0.05) is 28.1 Å². The minimum atomic E-state index is -0.0284. The molecule has 2 nitrogen and oxygen atoms in total. The lowest BCUT2D eigenvalue weighted by Gasteiger charge is -2.57. The van der Waals surface area contributed by atoms with Gasteiger partial charge in [0.15, 0.2) is 5.78 Å². The summed E-state index contributed by atoms with van der Waals surface area (Å²) < 4.78 is 1.14. The van der Waals surface area contributed by atoms with Crippen molar-refractivity contribution in [3.63, 3.8) is 0 Å². The Labute approximate surface area is 146 Å². The minimum absolute atomic E-state index is 0.0284. The van der Waals surface area contributed by atoms with Crippen LogP contribution in [0.4, 0.5) is 0 Å². The van der Waals surface area contributed by atoms with E-state index < -0.39 is 0 Å². The Morgan fingerprint density at radius 2 is 1.91 bits per heavy atom. The van der Waals surface area contributed by atoms with E-state index in [0.29, 0.717) is 29.3 Å². The van der Waals surface area contributed by atoms with Crippen LogP contribution < -0.4 is 0 Å². The van der Waals surface area contributed by atoms with Gasteiger partial charge in [0.2, 0.25) is 0 Å². The molecule has 0 aromatic heterocycles. The predicted molar refractivity (Wildman–Crippen MR) is 94.9 cm³/mol. The first kappa shape index (κ1) is 15.3. The summed E-state index contributed by atoms with van der Waals surface area (Å²) in [6.07, 6.45) is 10.3. The molecule has 4 aliphatic rings. The van der Waals surface area contributed by atoms with Crippen LogP contribution in [0.2, 0.25) is 0 Å². The first-order chi connectivity index (χ1) is 10.5. The Morgan fingerprint density at radius 1 is 1.09 bits per heavy atom. The van der Waals surface area contributed by atoms with E-state index in [9.17, 15) is 9.59 Å². The molecule has 0 aromatic carbocycles. The molecule has 3 fully saturated rings. The van der Waals surface area contributed by atoms with Gasteiger partial charge in [-0.15, -0.1) is 0 Å². The maximum atomic E-state index is 12.4. The third-order valence-electron chi connectivity index (χ3n) is 7.63. The fraction of sp³-hybridized carbons (Fsp3) is 0.789. The summed E-state index contributed by atoms with van der Waals surface area (Å²) in [7, 11) is 0. The maximum Gasteiger partial charge on any atom is 0.155 e. The summed E-state index contributed by atoms with van der Waals surface area (Å²) in [5.74, 6) is 2.90. The van der Waals surface area contributed by atoms with E-state index in [-0.39, 0.29) is 10.8 Å². The lowest BCUT2D eigenvalue weighted by molar-refractivity contribution is -0.132. The van der Waals surface area contributed by atoms with Crippen molar-refractivity contribution in [1.82, 2.24) is 0 Å². The van der Waals surface area contributed by atoms with Crippen LogP contribution in [0.3, 0.4) is 0 Å². The van der Waals surface area contributed by atoms with E-state index >= 15 is 0 Å². The van der Waals surface area contributed by atoms with Gasteiger partial charge in [0.25, 0.3) is 0 Å². The molecule has 4 aliphatic carbocycles. The van der Waals surface area contributed by atoms with Crippen molar-refractivity contribution in [2.45, 2.75) is 58.3 Å². The molecule has 0 aliphatic heterocycles. The minimum Gasteiger partial charge on any atom is -0.299 e. The van der Waals surface area contributed by atoms with Crippen molar-refractivity contribution in [3.05, 3.63) is 11.6 Å². The third-order valence-corrected chi connectivity index (χ3v) is 8.99. The number of rotatable bonds is 1. The number of hydrogen-bond acceptors (Lipinski definition) is 2. The van der Waals surface area contributed by atoms with E-state index in [2.05, 4.69) is 29.5 Å². The molecule has 120 valence electrons. The highest BCUT2D eigenvalue weighted by Gasteiger charge is 2.59. The smallest absolute Gasteiger partial charge is 0.155 e. The van der Waals surface area contributed by atoms with Crippen LogP contribution in [0, 0.1) is 28.6 Å². The second kappa shape index (κ2) is 5.15. The molecule has 0 bridgehead atoms. The number of ketones is 2. The van der Waals surface area contributed by atoms with Crippen molar-refractivity contribution >= 4 is 34.2 Å². The largest absolute Gasteiger partial charge is 0.299 e. The lowest BCUT2D eigenvalue weighted by Crippen LogP contribution is -2.52. The molecule has 0 radical (unpaired) electrons. The summed E-state index contributed by atoms with van der Waals surface area (Å²) >= 11 is 2.56. The van der Waals surface area contributed by atoms with Gasteiger partial charge in [0.1, 0.15) is 5.78 Å². The number of fused-ring (bicyclic) bond motifs is 5. The molecule has 0 amide bonds. The van der Waals surface area contributed by atoms with Crippen molar-refractivity contribution in [2.24, 2.45) is 28.6 Å². The van der Waals surface area contributed by atoms with Gasteiger partial charge in [-0.05, 0) is 62.4 Å². The van der Waals surface area contributed by atoms with Gasteiger partial charge in [-0.3, -0.25) is 9.59 Å². The quantitative estimate of drug-likeness (QED) is 0.470. The highest BCUT2D eigenvalue weighted by atomic mass is 127. The van der Waals surface area contributed by atoms with Gasteiger partial charge in [-0.1, -0.05) is 35.1 Å². The van der Waals surface area contributed by atoms with E-state index in [0.717, 1.165) is 43.0 Å². The number of hydrogen-bond donors (Lipinski definition) is 0. The van der Waals surface area contributed by atoms with Gasteiger partial charge in [-0.25, -0.2) is 0 Å². The SMILES string of the molecule is C[C@]12CC[C@@H]3[C@H](CCC4=CC(=O)CC[C@]43CI)[C@@H]1CCC2=O. The molecule has 3 heteroatoms. The lowest BCUT2D eigenvalue weighted by atomic mass is 9.47. The van der Waals surface area contributed by atoms with E-state index in [4.69, 9.17) is 0 Å². The zero-order valence-electron chi connectivity index (χ0n) is 13.4. The van der Waals surface area contributed by atoms with Crippen LogP contribution in [-0.2, 0) is 9.59 Å². The van der Waals surface area contributed by atoms with Gasteiger partial charge < -0.3 is 0 Å². The van der Waals surface area contributed by atoms with Gasteiger partial charge >= 0.3 is 0 Å². The maximum absolute atomic E-state index is 12.4. The molecule has 5 atom stereocenters. The summed E-state index contributed by atoms with van der Waals surface area (Å²) in [6, 6.07) is 0. The molecule has 0 saturated heterocycles. The summed E-state index contributed by atoms with van der Waals surface area (Å²) in [5, 5.41) is 0. The second-order valence-electron chi connectivity index (χ2n) is 8.26. The van der Waals surface area contributed by atoms with Crippen LogP contribution in [0.1, 0.15) is 58.3 Å². The highest BCUT2D eigenvalue weighted by Crippen LogP contribution is 2.64. The molecule has 4 rings (SSSR count). The molecule has 22 heavy (non-hydrogen) atoms. The highest BCUT2D eigenvalue weighted by molar-refractivity contribution is 14.1. The Bertz CT molecular complexity index is 566. The van der Waals surface area contributed by atoms with Crippen molar-refractivity contribution in [2.75, 3.05) is 4.43 Å². The van der Waals surface area contributed by atoms with E-state index in [1.54, 1.807) is 0 Å². The molecule has 3 saturated carbocycles. The zero-order valence-corrected chi connectivity index (χ0v) is 15.5. The first-order valence-electron chi connectivity index (χ1n) is 8.84. The number of alkyl halides is 1. The monoisotopic (exact) mass is 412 g/mol. The fourth-order valence-electron chi connectivity index (χ4n) is 6.38. The average molecular weight is 412 g/mol. The van der Waals surface area contributed by atoms with Crippen LogP contribution >= 0.6 is 22.6 Å². The molecule has 0 heterocycles. The molecule has 0 N–H and O–H groups in total. The third kappa shape index (κ3) is 1.90. The number of allylic oxidation sites excluding steroid dienone is 1. The predicted octanol–water partition coefficient (Wildman–Crippen LogP) is 4.50. The van der Waals surface area contributed by atoms with E-state index in [1.807, 2.05) is 6.08 Å². The molecule has 0 spiro atoms. The number of halogens is 1. The molecule has 0 unspecified atom stereocenters. The normalized spacial score (nSPS) is 47.5. The van der Waals surface area contributed by atoms with Gasteiger partial charge in [0.05, 0.1) is 0 Å². The van der Waals surface area contributed by atoms with Crippen molar-refractivity contribution in [1.29, 1.82) is 0 Å². The van der Waals surface area contributed by atoms with E-state index in [1.165, 1.54) is 18.4 Å². The Hall–Kier alpha value is -0.190. The first-order valence-corrected chi connectivity index (χ1v) is 10.4. The summed E-state index contributed by atoms with van der Waals surface area (Å²) in [4.78, 5) is 24.3. The second-order valence-corrected chi connectivity index (χ2v) is 9.02. The number of Topliss-reactive ketones (excluding diaryl/α,β-unsaturated/α-hetero) is 1. The van der Waals surface area contributed by atoms with Crippen LogP contribution in [0.5, 0.6) is 0 Å². The molecule has 0 aromatic rings. The molecular formula is C19H25IO2. The fourth-order valence-corrected chi connectivity index (χ4v) is 7.82. The van der Waals surface area contributed by atoms with Gasteiger partial charge in [-0.2, -0.15) is 0 Å². The topological polar surface area (TPSA) is 34.1 Å². The van der Waals surface area contributed by atoms with Crippen LogP contribution in [-0.4, -0.2) is 16.0 Å². The zero-order chi connectivity index (χ0) is 15.5. The van der Waals surface area contributed by atoms with Crippen molar-refractivity contribution in [3.8, 4) is 0 Å². The van der Waals surface area contributed by atoms with Crippen LogP contribution in [0.15, 0.2) is 11.6 Å². The standard InChI is InChI=1S/C19H25IO2/c1-18-8-7-16-14(15(18)4-5-17(18)22)3-2-12-10-13(21)6-9-19(12,16)11-20/h10,14-16H,2-9,11H2,1H3/t14-,15+,16-,18+,19+/m1/s1. The van der Waals surface area contributed by atoms with Crippen LogP contribution in [0.25, 0.3) is 0 Å². The summed E-state index contributed by atoms with van der Waals surface area (Å²) in [6.45, 7) is 2.25. The van der Waals surface area contributed by atoms with Crippen molar-refractivity contribution < 1.29 is 9.59 Å². The number of carbonyl (C=O) groups is 2. The Balaban J connectivity index is 1.73. The number of carbonyl (C=O) groups excluding carboxylic acids is 2. The summed E-state index contributed by atoms with van der Waals surface area (Å²) in [5.41, 5.74) is 1.69. The molecular weight excluding hydrogens is 387 g/mol.